The molecule has 0 fully saturated rings. The second kappa shape index (κ2) is 9.20. The third-order valence-corrected chi connectivity index (χ3v) is 5.74. The maximum atomic E-state index is 13.1. The van der Waals surface area contributed by atoms with E-state index in [1.165, 1.54) is 9.56 Å². The Morgan fingerprint density at radius 3 is 2.64 bits per heavy atom. The molecule has 12 heteroatoms. The minimum Gasteiger partial charge on any atom is -0.494 e. The summed E-state index contributed by atoms with van der Waals surface area (Å²) < 4.78 is 11.5. The molecule has 11 nitrogen and oxygen atoms in total. The third kappa shape index (κ3) is 4.46. The molecule has 1 aromatic carbocycles. The summed E-state index contributed by atoms with van der Waals surface area (Å²) in [5, 5.41) is 19.8. The standard InChI is InChI=1S/C21H22N8O3S/c1-5-31-15-8-6-14(7-9-15)18-17(24-28-29(18)20-19(22)26-32-27-20)21(30)25-23-12(3)16-10-11(2)33-13(16)4/h6-10H,5H2,1-4H3,(H2,22,26)(H,25,30)/b23-12-. The second-order valence-electron chi connectivity index (χ2n) is 7.09. The normalized spacial score (nSPS) is 11.6. The average molecular weight is 467 g/mol. The number of nitrogens with two attached hydrogens (primary N) is 1. The van der Waals surface area contributed by atoms with Gasteiger partial charge in [-0.25, -0.2) is 10.1 Å². The number of carbonyl (C=O) groups is 1. The number of hydrogen-bond acceptors (Lipinski definition) is 10. The van der Waals surface area contributed by atoms with Gasteiger partial charge in [0.05, 0.1) is 12.3 Å². The van der Waals surface area contributed by atoms with Crippen molar-refractivity contribution in [3.63, 3.8) is 0 Å². The summed E-state index contributed by atoms with van der Waals surface area (Å²) in [5.74, 6) is 0.283. The molecule has 3 aromatic heterocycles. The number of benzene rings is 1. The number of nitrogen functional groups attached to an aromatic ring is 1. The third-order valence-electron chi connectivity index (χ3n) is 4.78. The molecule has 0 saturated carbocycles. The zero-order valence-corrected chi connectivity index (χ0v) is 19.3. The molecule has 4 aromatic rings. The molecule has 0 spiro atoms. The molecule has 0 saturated heterocycles. The number of nitrogens with one attached hydrogen (secondary N) is 1. The molecule has 0 aliphatic rings. The lowest BCUT2D eigenvalue weighted by Crippen LogP contribution is -2.21. The van der Waals surface area contributed by atoms with E-state index in [1.54, 1.807) is 35.6 Å². The lowest BCUT2D eigenvalue weighted by Gasteiger charge is -2.08. The Morgan fingerprint density at radius 1 is 1.27 bits per heavy atom. The van der Waals surface area contributed by atoms with Gasteiger partial charge in [0, 0.05) is 20.9 Å². The van der Waals surface area contributed by atoms with Crippen LogP contribution in [0.2, 0.25) is 0 Å². The van der Waals surface area contributed by atoms with Gasteiger partial charge in [0.25, 0.3) is 5.91 Å². The highest BCUT2D eigenvalue weighted by Crippen LogP contribution is 2.28. The maximum Gasteiger partial charge on any atom is 0.294 e. The lowest BCUT2D eigenvalue weighted by molar-refractivity contribution is 0.0950. The van der Waals surface area contributed by atoms with Crippen molar-refractivity contribution in [2.24, 2.45) is 5.10 Å². The minimum atomic E-state index is -0.538. The molecular formula is C21H22N8O3S. The van der Waals surface area contributed by atoms with E-state index in [4.69, 9.17) is 15.1 Å². The Balaban J connectivity index is 1.71. The van der Waals surface area contributed by atoms with Gasteiger partial charge in [-0.15, -0.1) is 16.4 Å². The van der Waals surface area contributed by atoms with Gasteiger partial charge < -0.3 is 10.5 Å². The fourth-order valence-corrected chi connectivity index (χ4v) is 4.27. The van der Waals surface area contributed by atoms with Crippen molar-refractivity contribution in [1.82, 2.24) is 30.7 Å². The number of amides is 1. The van der Waals surface area contributed by atoms with Crippen LogP contribution in [0.1, 0.15) is 39.7 Å². The van der Waals surface area contributed by atoms with E-state index in [1.807, 2.05) is 33.8 Å². The van der Waals surface area contributed by atoms with Crippen molar-refractivity contribution in [2.45, 2.75) is 27.7 Å². The van der Waals surface area contributed by atoms with Gasteiger partial charge in [0.2, 0.25) is 11.6 Å². The SMILES string of the molecule is CCOc1ccc(-c2c(C(=O)N/N=C(/C)c3cc(C)sc3C)nnn2-c2nonc2N)cc1. The van der Waals surface area contributed by atoms with Crippen LogP contribution in [0.3, 0.4) is 0 Å². The highest BCUT2D eigenvalue weighted by Gasteiger charge is 2.25. The van der Waals surface area contributed by atoms with Gasteiger partial charge in [-0.1, -0.05) is 5.21 Å². The molecule has 3 heterocycles. The van der Waals surface area contributed by atoms with Gasteiger partial charge in [-0.2, -0.15) is 9.78 Å². The van der Waals surface area contributed by atoms with Gasteiger partial charge in [-0.3, -0.25) is 4.79 Å². The summed E-state index contributed by atoms with van der Waals surface area (Å²) in [4.78, 5) is 15.3. The number of anilines is 1. The molecule has 170 valence electrons. The summed E-state index contributed by atoms with van der Waals surface area (Å²) in [5.41, 5.74) is 11.1. The first kappa shape index (κ1) is 22.1. The Bertz CT molecular complexity index is 1320. The number of thiophene rings is 1. The number of rotatable bonds is 7. The zero-order chi connectivity index (χ0) is 23.5. The van der Waals surface area contributed by atoms with E-state index in [0.29, 0.717) is 29.3 Å². The van der Waals surface area contributed by atoms with Crippen LogP contribution in [0.5, 0.6) is 5.75 Å². The van der Waals surface area contributed by atoms with Crippen molar-refractivity contribution < 1.29 is 14.2 Å². The summed E-state index contributed by atoms with van der Waals surface area (Å²) in [7, 11) is 0. The number of carbonyl (C=O) groups excluding carboxylic acids is 1. The van der Waals surface area contributed by atoms with Gasteiger partial charge in [0.1, 0.15) is 11.4 Å². The number of aromatic nitrogens is 5. The first-order chi connectivity index (χ1) is 15.9. The number of hydrogen-bond donors (Lipinski definition) is 2. The summed E-state index contributed by atoms with van der Waals surface area (Å²) in [6.45, 7) is 8.31. The quantitative estimate of drug-likeness (QED) is 0.312. The molecule has 0 aliphatic carbocycles. The molecule has 33 heavy (non-hydrogen) atoms. The maximum absolute atomic E-state index is 13.1. The van der Waals surface area contributed by atoms with Crippen LogP contribution in [0, 0.1) is 13.8 Å². The average Bonchev–Trinajstić information content (AvgIpc) is 3.50. The molecule has 0 atom stereocenters. The molecule has 0 unspecified atom stereocenters. The molecular weight excluding hydrogens is 444 g/mol. The lowest BCUT2D eigenvalue weighted by atomic mass is 10.1. The number of aryl methyl sites for hydroxylation is 2. The molecule has 0 radical (unpaired) electrons. The van der Waals surface area contributed by atoms with Crippen molar-refractivity contribution >= 4 is 28.8 Å². The predicted octanol–water partition coefficient (Wildman–Crippen LogP) is 3.13. The fourth-order valence-electron chi connectivity index (χ4n) is 3.29. The molecule has 1 amide bonds. The fraction of sp³-hybridized carbons (Fsp3) is 0.238. The largest absolute Gasteiger partial charge is 0.494 e. The summed E-state index contributed by atoms with van der Waals surface area (Å²) >= 11 is 1.67. The first-order valence-electron chi connectivity index (χ1n) is 10.1. The van der Waals surface area contributed by atoms with Crippen molar-refractivity contribution in [3.8, 4) is 22.8 Å². The van der Waals surface area contributed by atoms with E-state index in [0.717, 1.165) is 10.4 Å². The monoisotopic (exact) mass is 466 g/mol. The van der Waals surface area contributed by atoms with Crippen LogP contribution in [0.4, 0.5) is 5.82 Å². The number of nitrogens with zero attached hydrogens (tertiary/aromatic N) is 6. The highest BCUT2D eigenvalue weighted by atomic mass is 32.1. The Labute approximate surface area is 193 Å². The second-order valence-corrected chi connectivity index (χ2v) is 8.55. The van der Waals surface area contributed by atoms with E-state index in [9.17, 15) is 4.79 Å². The Kier molecular flexibility index (Phi) is 6.18. The van der Waals surface area contributed by atoms with E-state index < -0.39 is 5.91 Å². The van der Waals surface area contributed by atoms with Gasteiger partial charge >= 0.3 is 0 Å². The Morgan fingerprint density at radius 2 is 2.03 bits per heavy atom. The van der Waals surface area contributed by atoms with E-state index >= 15 is 0 Å². The van der Waals surface area contributed by atoms with E-state index in [-0.39, 0.29) is 17.3 Å². The number of ether oxygens (including phenoxy) is 1. The zero-order valence-electron chi connectivity index (χ0n) is 18.5. The van der Waals surface area contributed by atoms with Crippen LogP contribution in [-0.2, 0) is 0 Å². The van der Waals surface area contributed by atoms with E-state index in [2.05, 4.69) is 31.2 Å². The molecule has 4 rings (SSSR count). The highest BCUT2D eigenvalue weighted by molar-refractivity contribution is 7.12. The van der Waals surface area contributed by atoms with Gasteiger partial charge in [-0.05, 0) is 68.3 Å². The van der Waals surface area contributed by atoms with Crippen LogP contribution >= 0.6 is 11.3 Å². The van der Waals surface area contributed by atoms with Crippen LogP contribution in [0.25, 0.3) is 17.1 Å². The van der Waals surface area contributed by atoms with Gasteiger partial charge in [0.15, 0.2) is 5.69 Å². The molecule has 0 aliphatic heterocycles. The summed E-state index contributed by atoms with van der Waals surface area (Å²) in [6.07, 6.45) is 0. The summed E-state index contributed by atoms with van der Waals surface area (Å²) in [6, 6.07) is 9.17. The Hall–Kier alpha value is -4.06. The molecule has 0 bridgehead atoms. The van der Waals surface area contributed by atoms with Crippen LogP contribution < -0.4 is 15.9 Å². The van der Waals surface area contributed by atoms with Crippen molar-refractivity contribution in [3.05, 3.63) is 51.3 Å². The topological polar surface area (TPSA) is 146 Å². The van der Waals surface area contributed by atoms with Crippen molar-refractivity contribution in [2.75, 3.05) is 12.3 Å². The van der Waals surface area contributed by atoms with Crippen molar-refractivity contribution in [1.29, 1.82) is 0 Å². The minimum absolute atomic E-state index is 0.0104. The van der Waals surface area contributed by atoms with Crippen LogP contribution in [0.15, 0.2) is 40.1 Å². The van der Waals surface area contributed by atoms with Crippen LogP contribution in [-0.4, -0.2) is 43.5 Å². The first-order valence-corrected chi connectivity index (χ1v) is 10.9. The molecule has 3 N–H and O–H groups in total. The number of hydrazone groups is 1. The predicted molar refractivity (Wildman–Crippen MR) is 124 cm³/mol. The smallest absolute Gasteiger partial charge is 0.294 e.